The van der Waals surface area contributed by atoms with Gasteiger partial charge in [-0.25, -0.2) is 4.39 Å². The van der Waals surface area contributed by atoms with Gasteiger partial charge in [0.05, 0.1) is 5.69 Å². The third-order valence-electron chi connectivity index (χ3n) is 1.70. The Morgan fingerprint density at radius 2 is 2.08 bits per heavy atom. The summed E-state index contributed by atoms with van der Waals surface area (Å²) in [5.74, 6) is 0.248. The molecule has 1 nitrogen and oxygen atoms in total. The van der Waals surface area contributed by atoms with E-state index in [0.29, 0.717) is 5.92 Å². The number of hydrogen-bond acceptors (Lipinski definition) is 1. The van der Waals surface area contributed by atoms with Crippen molar-refractivity contribution in [2.75, 3.05) is 5.73 Å². The van der Waals surface area contributed by atoms with E-state index in [1.807, 2.05) is 0 Å². The van der Waals surface area contributed by atoms with Crippen molar-refractivity contribution in [1.82, 2.24) is 0 Å². The second kappa shape index (κ2) is 3.57. The highest BCUT2D eigenvalue weighted by atomic mass is 19.1. The maximum Gasteiger partial charge on any atom is 0.146 e. The Labute approximate surface area is 72.4 Å². The lowest BCUT2D eigenvalue weighted by atomic mass is 10.0. The maximum atomic E-state index is 12.7. The van der Waals surface area contributed by atoms with Gasteiger partial charge in [0.2, 0.25) is 0 Å². The number of hydrogen-bond donors (Lipinski definition) is 1. The first-order valence-electron chi connectivity index (χ1n) is 4.13. The van der Waals surface area contributed by atoms with Gasteiger partial charge in [-0.05, 0) is 30.0 Å². The molecule has 2 heteroatoms. The number of benzene rings is 1. The van der Waals surface area contributed by atoms with Crippen LogP contribution in [-0.2, 0) is 6.42 Å². The van der Waals surface area contributed by atoms with Crippen molar-refractivity contribution in [3.63, 3.8) is 0 Å². The fourth-order valence-electron chi connectivity index (χ4n) is 1.19. The van der Waals surface area contributed by atoms with Crippen LogP contribution in [0, 0.1) is 11.7 Å². The molecule has 2 N–H and O–H groups in total. The van der Waals surface area contributed by atoms with Crippen molar-refractivity contribution in [3.8, 4) is 0 Å². The summed E-state index contributed by atoms with van der Waals surface area (Å²) in [7, 11) is 0. The lowest BCUT2D eigenvalue weighted by molar-refractivity contribution is 0.624. The second-order valence-corrected chi connectivity index (χ2v) is 3.45. The first kappa shape index (κ1) is 9.04. The van der Waals surface area contributed by atoms with E-state index in [1.165, 1.54) is 6.07 Å². The summed E-state index contributed by atoms with van der Waals surface area (Å²) in [6.07, 6.45) is 0.949. The molecule has 0 saturated heterocycles. The van der Waals surface area contributed by atoms with Gasteiger partial charge in [-0.2, -0.15) is 0 Å². The van der Waals surface area contributed by atoms with Crippen molar-refractivity contribution >= 4 is 5.69 Å². The predicted molar refractivity (Wildman–Crippen MR) is 49.4 cm³/mol. The zero-order chi connectivity index (χ0) is 9.14. The molecule has 1 aromatic carbocycles. The largest absolute Gasteiger partial charge is 0.396 e. The minimum absolute atomic E-state index is 0.244. The topological polar surface area (TPSA) is 26.0 Å². The average Bonchev–Trinajstić information content (AvgIpc) is 1.96. The SMILES string of the molecule is CC(C)Cc1ccc(F)c(N)c1. The first-order valence-corrected chi connectivity index (χ1v) is 4.13. The lowest BCUT2D eigenvalue weighted by Crippen LogP contribution is -1.97. The van der Waals surface area contributed by atoms with E-state index in [-0.39, 0.29) is 11.5 Å². The molecule has 0 aromatic heterocycles. The minimum atomic E-state index is -0.331. The molecule has 0 saturated carbocycles. The predicted octanol–water partition coefficient (Wildman–Crippen LogP) is 2.61. The zero-order valence-electron chi connectivity index (χ0n) is 7.47. The van der Waals surface area contributed by atoms with Gasteiger partial charge in [-0.15, -0.1) is 0 Å². The molecule has 0 aliphatic rings. The van der Waals surface area contributed by atoms with Gasteiger partial charge in [0.1, 0.15) is 5.82 Å². The van der Waals surface area contributed by atoms with Crippen LogP contribution in [0.1, 0.15) is 19.4 Å². The monoisotopic (exact) mass is 167 g/mol. The molecule has 0 amide bonds. The Kier molecular flexibility index (Phi) is 2.69. The Morgan fingerprint density at radius 1 is 1.42 bits per heavy atom. The van der Waals surface area contributed by atoms with Crippen LogP contribution in [-0.4, -0.2) is 0 Å². The molecule has 66 valence electrons. The van der Waals surface area contributed by atoms with E-state index in [4.69, 9.17) is 5.73 Å². The summed E-state index contributed by atoms with van der Waals surface area (Å²) < 4.78 is 12.7. The molecular weight excluding hydrogens is 153 g/mol. The minimum Gasteiger partial charge on any atom is -0.396 e. The molecule has 0 aliphatic carbocycles. The van der Waals surface area contributed by atoms with Crippen LogP contribution in [0.4, 0.5) is 10.1 Å². The molecule has 0 heterocycles. The normalized spacial score (nSPS) is 10.7. The molecule has 0 atom stereocenters. The highest BCUT2D eigenvalue weighted by Crippen LogP contribution is 2.14. The third kappa shape index (κ3) is 2.22. The fraction of sp³-hybridized carbons (Fsp3) is 0.400. The van der Waals surface area contributed by atoms with Crippen molar-refractivity contribution in [2.24, 2.45) is 5.92 Å². The van der Waals surface area contributed by atoms with Crippen LogP contribution in [0.2, 0.25) is 0 Å². The summed E-state index contributed by atoms with van der Waals surface area (Å²) in [5.41, 5.74) is 6.77. The van der Waals surface area contributed by atoms with Crippen molar-refractivity contribution in [3.05, 3.63) is 29.6 Å². The summed E-state index contributed by atoms with van der Waals surface area (Å²) in [6, 6.07) is 4.91. The van der Waals surface area contributed by atoms with Gasteiger partial charge in [0, 0.05) is 0 Å². The van der Waals surface area contributed by atoms with E-state index in [0.717, 1.165) is 12.0 Å². The number of rotatable bonds is 2. The number of anilines is 1. The highest BCUT2D eigenvalue weighted by molar-refractivity contribution is 5.42. The Hall–Kier alpha value is -1.05. The van der Waals surface area contributed by atoms with Crippen molar-refractivity contribution < 1.29 is 4.39 Å². The van der Waals surface area contributed by atoms with Gasteiger partial charge in [0.25, 0.3) is 0 Å². The van der Waals surface area contributed by atoms with E-state index in [2.05, 4.69) is 13.8 Å². The maximum absolute atomic E-state index is 12.7. The van der Waals surface area contributed by atoms with Gasteiger partial charge in [-0.1, -0.05) is 19.9 Å². The molecule has 0 bridgehead atoms. The van der Waals surface area contributed by atoms with E-state index in [1.54, 1.807) is 12.1 Å². The van der Waals surface area contributed by atoms with Crippen molar-refractivity contribution in [2.45, 2.75) is 20.3 Å². The lowest BCUT2D eigenvalue weighted by Gasteiger charge is -2.05. The van der Waals surface area contributed by atoms with Crippen LogP contribution >= 0.6 is 0 Å². The highest BCUT2D eigenvalue weighted by Gasteiger charge is 2.01. The molecule has 0 aliphatic heterocycles. The summed E-state index contributed by atoms with van der Waals surface area (Å²) in [6.45, 7) is 4.25. The van der Waals surface area contributed by atoms with Crippen LogP contribution in [0.5, 0.6) is 0 Å². The van der Waals surface area contributed by atoms with E-state index < -0.39 is 0 Å². The molecule has 1 rings (SSSR count). The molecule has 12 heavy (non-hydrogen) atoms. The molecule has 0 spiro atoms. The summed E-state index contributed by atoms with van der Waals surface area (Å²) in [5, 5.41) is 0. The van der Waals surface area contributed by atoms with E-state index in [9.17, 15) is 4.39 Å². The average molecular weight is 167 g/mol. The smallest absolute Gasteiger partial charge is 0.146 e. The molecule has 0 radical (unpaired) electrons. The Balaban J connectivity index is 2.82. The fourth-order valence-corrected chi connectivity index (χ4v) is 1.19. The number of nitrogen functional groups attached to an aromatic ring is 1. The molecular formula is C10H14FN. The van der Waals surface area contributed by atoms with Crippen LogP contribution in [0.25, 0.3) is 0 Å². The zero-order valence-corrected chi connectivity index (χ0v) is 7.47. The second-order valence-electron chi connectivity index (χ2n) is 3.45. The summed E-state index contributed by atoms with van der Waals surface area (Å²) >= 11 is 0. The van der Waals surface area contributed by atoms with Gasteiger partial charge < -0.3 is 5.73 Å². The standard InChI is InChI=1S/C10H14FN/c1-7(2)5-8-3-4-9(11)10(12)6-8/h3-4,6-7H,5,12H2,1-2H3. The summed E-state index contributed by atoms with van der Waals surface area (Å²) in [4.78, 5) is 0. The van der Waals surface area contributed by atoms with Gasteiger partial charge in [0.15, 0.2) is 0 Å². The number of nitrogens with two attached hydrogens (primary N) is 1. The quantitative estimate of drug-likeness (QED) is 0.673. The van der Waals surface area contributed by atoms with E-state index >= 15 is 0 Å². The van der Waals surface area contributed by atoms with Crippen LogP contribution in [0.15, 0.2) is 18.2 Å². The van der Waals surface area contributed by atoms with Gasteiger partial charge in [-0.3, -0.25) is 0 Å². The number of halogens is 1. The van der Waals surface area contributed by atoms with Crippen LogP contribution < -0.4 is 5.73 Å². The molecule has 0 fully saturated rings. The Morgan fingerprint density at radius 3 is 2.58 bits per heavy atom. The molecule has 1 aromatic rings. The van der Waals surface area contributed by atoms with Gasteiger partial charge >= 0.3 is 0 Å². The Bertz CT molecular complexity index is 269. The third-order valence-corrected chi connectivity index (χ3v) is 1.70. The van der Waals surface area contributed by atoms with Crippen molar-refractivity contribution in [1.29, 1.82) is 0 Å². The van der Waals surface area contributed by atoms with Crippen LogP contribution in [0.3, 0.4) is 0 Å². The molecule has 0 unspecified atom stereocenters. The first-order chi connectivity index (χ1) is 5.59.